The van der Waals surface area contributed by atoms with Gasteiger partial charge in [0.15, 0.2) is 0 Å². The van der Waals surface area contributed by atoms with E-state index >= 15 is 0 Å². The van der Waals surface area contributed by atoms with Crippen molar-refractivity contribution in [3.05, 3.63) is 50.7 Å². The highest BCUT2D eigenvalue weighted by molar-refractivity contribution is 9.10. The van der Waals surface area contributed by atoms with Gasteiger partial charge in [0.1, 0.15) is 5.69 Å². The van der Waals surface area contributed by atoms with Gasteiger partial charge in [-0.1, -0.05) is 12.1 Å². The highest BCUT2D eigenvalue weighted by Gasteiger charge is 2.16. The van der Waals surface area contributed by atoms with E-state index < -0.39 is 4.92 Å². The van der Waals surface area contributed by atoms with Crippen LogP contribution in [0.3, 0.4) is 0 Å². The first-order valence-electron chi connectivity index (χ1n) is 4.98. The molecule has 90 valence electrons. The van der Waals surface area contributed by atoms with Gasteiger partial charge in [-0.05, 0) is 22.0 Å². The van der Waals surface area contributed by atoms with E-state index in [4.69, 9.17) is 5.26 Å². The normalized spacial score (nSPS) is 10.0. The van der Waals surface area contributed by atoms with Crippen molar-refractivity contribution in [1.29, 1.82) is 5.26 Å². The van der Waals surface area contributed by atoms with Crippen LogP contribution in [-0.2, 0) is 6.42 Å². The van der Waals surface area contributed by atoms with Crippen LogP contribution in [0, 0.1) is 21.4 Å². The molecule has 1 aromatic heterocycles. The smallest absolute Gasteiger partial charge is 0.258 e. The number of aromatic nitrogens is 2. The molecule has 0 saturated carbocycles. The third-order valence-corrected chi connectivity index (χ3v) is 2.97. The average Bonchev–Trinajstić information content (AvgIpc) is 2.71. The van der Waals surface area contributed by atoms with Gasteiger partial charge >= 0.3 is 0 Å². The Morgan fingerprint density at radius 1 is 1.50 bits per heavy atom. The molecule has 0 atom stereocenters. The number of nitro benzene ring substituents is 1. The number of rotatable bonds is 3. The molecule has 0 fully saturated rings. The molecule has 6 nitrogen and oxygen atoms in total. The summed E-state index contributed by atoms with van der Waals surface area (Å²) in [5, 5.41) is 23.7. The van der Waals surface area contributed by atoms with Crippen molar-refractivity contribution >= 4 is 21.6 Å². The van der Waals surface area contributed by atoms with Crippen LogP contribution in [0.2, 0.25) is 0 Å². The zero-order chi connectivity index (χ0) is 13.1. The summed E-state index contributed by atoms with van der Waals surface area (Å²) in [5.41, 5.74) is 0.888. The molecular weight excluding hydrogens is 300 g/mol. The Bertz CT molecular complexity index is 645. The van der Waals surface area contributed by atoms with Crippen LogP contribution in [0.15, 0.2) is 34.9 Å². The Labute approximate surface area is 111 Å². The first kappa shape index (κ1) is 12.3. The minimum absolute atomic E-state index is 0.0315. The molecule has 0 radical (unpaired) electrons. The summed E-state index contributed by atoms with van der Waals surface area (Å²) >= 11 is 3.27. The van der Waals surface area contributed by atoms with Gasteiger partial charge in [0.05, 0.1) is 27.6 Å². The second kappa shape index (κ2) is 4.98. The molecule has 0 aliphatic carbocycles. The van der Waals surface area contributed by atoms with Crippen LogP contribution >= 0.6 is 15.9 Å². The fourth-order valence-corrected chi connectivity index (χ4v) is 1.93. The minimum Gasteiger partial charge on any atom is -0.258 e. The maximum absolute atomic E-state index is 10.9. The van der Waals surface area contributed by atoms with Crippen LogP contribution in [-0.4, -0.2) is 14.7 Å². The van der Waals surface area contributed by atoms with E-state index in [9.17, 15) is 10.1 Å². The second-order valence-corrected chi connectivity index (χ2v) is 4.30. The summed E-state index contributed by atoms with van der Waals surface area (Å²) in [4.78, 5) is 10.4. The zero-order valence-corrected chi connectivity index (χ0v) is 10.7. The SMILES string of the molecule is N#CCc1nn(-c2ccccc2[N+](=O)[O-])cc1Br. The van der Waals surface area contributed by atoms with E-state index in [1.807, 2.05) is 6.07 Å². The lowest BCUT2D eigenvalue weighted by atomic mass is 10.3. The molecule has 2 aromatic rings. The number of hydrogen-bond acceptors (Lipinski definition) is 4. The van der Waals surface area contributed by atoms with Gasteiger partial charge in [-0.3, -0.25) is 10.1 Å². The Balaban J connectivity index is 2.53. The Morgan fingerprint density at radius 3 is 2.89 bits per heavy atom. The molecular formula is C11H7BrN4O2. The molecule has 0 aliphatic heterocycles. The molecule has 7 heteroatoms. The quantitative estimate of drug-likeness (QED) is 0.644. The van der Waals surface area contributed by atoms with E-state index in [1.54, 1.807) is 24.4 Å². The number of nitro groups is 1. The molecule has 1 heterocycles. The summed E-state index contributed by atoms with van der Waals surface area (Å²) in [6.45, 7) is 0. The highest BCUT2D eigenvalue weighted by atomic mass is 79.9. The third kappa shape index (κ3) is 2.24. The Kier molecular flexibility index (Phi) is 3.39. The predicted octanol–water partition coefficient (Wildman–Crippen LogP) is 2.61. The van der Waals surface area contributed by atoms with Crippen molar-refractivity contribution in [3.8, 4) is 11.8 Å². The Morgan fingerprint density at radius 2 is 2.22 bits per heavy atom. The molecule has 0 aliphatic rings. The maximum Gasteiger partial charge on any atom is 0.294 e. The number of halogens is 1. The molecule has 18 heavy (non-hydrogen) atoms. The lowest BCUT2D eigenvalue weighted by Crippen LogP contribution is -2.01. The zero-order valence-electron chi connectivity index (χ0n) is 9.08. The van der Waals surface area contributed by atoms with Crippen LogP contribution in [0.25, 0.3) is 5.69 Å². The molecule has 0 bridgehead atoms. The largest absolute Gasteiger partial charge is 0.294 e. The molecule has 0 spiro atoms. The van der Waals surface area contributed by atoms with Crippen LogP contribution < -0.4 is 0 Å². The standard InChI is InChI=1S/C11H7BrN4O2/c12-8-7-15(14-9(8)5-6-13)10-3-1-2-4-11(10)16(17)18/h1-4,7H,5H2. The van der Waals surface area contributed by atoms with Gasteiger partial charge in [0.2, 0.25) is 0 Å². The fourth-order valence-electron chi connectivity index (χ4n) is 1.52. The van der Waals surface area contributed by atoms with E-state index in [1.165, 1.54) is 10.7 Å². The van der Waals surface area contributed by atoms with Gasteiger partial charge < -0.3 is 0 Å². The number of hydrogen-bond donors (Lipinski definition) is 0. The monoisotopic (exact) mass is 306 g/mol. The fraction of sp³-hybridized carbons (Fsp3) is 0.0909. The summed E-state index contributed by atoms with van der Waals surface area (Å²) in [7, 11) is 0. The predicted molar refractivity (Wildman–Crippen MR) is 67.2 cm³/mol. The summed E-state index contributed by atoms with van der Waals surface area (Å²) < 4.78 is 2.05. The average molecular weight is 307 g/mol. The molecule has 0 unspecified atom stereocenters. The van der Waals surface area contributed by atoms with Crippen molar-refractivity contribution in [2.24, 2.45) is 0 Å². The highest BCUT2D eigenvalue weighted by Crippen LogP contribution is 2.24. The Hall–Kier alpha value is -2.20. The summed E-state index contributed by atoms with van der Waals surface area (Å²) in [5.74, 6) is 0. The molecule has 0 N–H and O–H groups in total. The van der Waals surface area contributed by atoms with Crippen LogP contribution in [0.4, 0.5) is 5.69 Å². The number of para-hydroxylation sites is 2. The van der Waals surface area contributed by atoms with Crippen molar-refractivity contribution in [2.75, 3.05) is 0 Å². The van der Waals surface area contributed by atoms with E-state index in [-0.39, 0.29) is 12.1 Å². The first-order chi connectivity index (χ1) is 8.63. The number of benzene rings is 1. The lowest BCUT2D eigenvalue weighted by molar-refractivity contribution is -0.384. The van der Waals surface area contributed by atoms with Crippen molar-refractivity contribution < 1.29 is 4.92 Å². The van der Waals surface area contributed by atoms with Gasteiger partial charge in [-0.2, -0.15) is 10.4 Å². The third-order valence-electron chi connectivity index (χ3n) is 2.31. The maximum atomic E-state index is 10.9. The summed E-state index contributed by atoms with van der Waals surface area (Å²) in [6, 6.07) is 8.29. The molecule has 2 rings (SSSR count). The van der Waals surface area contributed by atoms with Crippen LogP contribution in [0.1, 0.15) is 5.69 Å². The van der Waals surface area contributed by atoms with E-state index in [0.717, 1.165) is 0 Å². The molecule has 0 amide bonds. The minimum atomic E-state index is -0.463. The van der Waals surface area contributed by atoms with E-state index in [2.05, 4.69) is 21.0 Å². The lowest BCUT2D eigenvalue weighted by Gasteiger charge is -2.01. The first-order valence-corrected chi connectivity index (χ1v) is 5.77. The molecule has 0 saturated heterocycles. The van der Waals surface area contributed by atoms with Gasteiger partial charge in [0, 0.05) is 12.3 Å². The number of nitriles is 1. The van der Waals surface area contributed by atoms with Gasteiger partial charge in [0.25, 0.3) is 5.69 Å². The van der Waals surface area contributed by atoms with Crippen LogP contribution in [0.5, 0.6) is 0 Å². The molecule has 1 aromatic carbocycles. The van der Waals surface area contributed by atoms with Crippen molar-refractivity contribution in [1.82, 2.24) is 9.78 Å². The van der Waals surface area contributed by atoms with Crippen molar-refractivity contribution in [3.63, 3.8) is 0 Å². The van der Waals surface area contributed by atoms with Crippen molar-refractivity contribution in [2.45, 2.75) is 6.42 Å². The van der Waals surface area contributed by atoms with Gasteiger partial charge in [-0.15, -0.1) is 0 Å². The second-order valence-electron chi connectivity index (χ2n) is 3.45. The summed E-state index contributed by atoms with van der Waals surface area (Å²) in [6.07, 6.45) is 1.75. The number of nitrogens with zero attached hydrogens (tertiary/aromatic N) is 4. The van der Waals surface area contributed by atoms with Gasteiger partial charge in [-0.25, -0.2) is 4.68 Å². The van der Waals surface area contributed by atoms with E-state index in [0.29, 0.717) is 15.9 Å². The topological polar surface area (TPSA) is 84.8 Å².